The molecule has 1 N–H and O–H groups in total. The van der Waals surface area contributed by atoms with E-state index in [1.807, 2.05) is 36.1 Å². The van der Waals surface area contributed by atoms with Crippen molar-refractivity contribution < 1.29 is 9.21 Å². The number of benzene rings is 1. The molecular weight excluding hydrogens is 288 g/mol. The fourth-order valence-corrected chi connectivity index (χ4v) is 4.09. The Bertz CT molecular complexity index is 721. The molecule has 4 nitrogen and oxygen atoms in total. The summed E-state index contributed by atoms with van der Waals surface area (Å²) in [7, 11) is 0. The molecule has 0 bridgehead atoms. The number of furan rings is 1. The van der Waals surface area contributed by atoms with Gasteiger partial charge < -0.3 is 14.6 Å². The quantitative estimate of drug-likeness (QED) is 0.878. The van der Waals surface area contributed by atoms with Crippen molar-refractivity contribution in [3.8, 4) is 0 Å². The number of fused-ring (bicyclic) bond motifs is 2. The molecule has 4 rings (SSSR count). The first-order valence-corrected chi connectivity index (χ1v) is 8.73. The molecule has 2 aliphatic heterocycles. The van der Waals surface area contributed by atoms with E-state index in [1.54, 1.807) is 0 Å². The minimum absolute atomic E-state index is 0.161. The van der Waals surface area contributed by atoms with Crippen molar-refractivity contribution >= 4 is 16.9 Å². The van der Waals surface area contributed by atoms with Crippen LogP contribution in [0.1, 0.15) is 41.8 Å². The molecule has 4 heteroatoms. The summed E-state index contributed by atoms with van der Waals surface area (Å²) in [5.74, 6) is 1.65. The molecule has 2 atom stereocenters. The van der Waals surface area contributed by atoms with Crippen LogP contribution in [-0.4, -0.2) is 36.5 Å². The van der Waals surface area contributed by atoms with Gasteiger partial charge in [0, 0.05) is 30.1 Å². The van der Waals surface area contributed by atoms with Gasteiger partial charge in [0.2, 0.25) is 0 Å². The molecule has 3 heterocycles. The Morgan fingerprint density at radius 3 is 3.09 bits per heavy atom. The number of amides is 1. The number of rotatable bonds is 1. The van der Waals surface area contributed by atoms with E-state index >= 15 is 0 Å². The SMILES string of the molecule is Cc1cc2cc(C(=O)N3CC[C@H]4NCCCC[C@H]4C3)ccc2o1. The third kappa shape index (κ3) is 2.88. The van der Waals surface area contributed by atoms with Crippen LogP contribution in [0.5, 0.6) is 0 Å². The van der Waals surface area contributed by atoms with Gasteiger partial charge in [-0.3, -0.25) is 4.79 Å². The van der Waals surface area contributed by atoms with E-state index in [2.05, 4.69) is 5.32 Å². The Labute approximate surface area is 136 Å². The first kappa shape index (κ1) is 14.8. The zero-order valence-corrected chi connectivity index (χ0v) is 13.7. The number of aryl methyl sites for hydroxylation is 1. The van der Waals surface area contributed by atoms with Crippen LogP contribution >= 0.6 is 0 Å². The van der Waals surface area contributed by atoms with E-state index in [-0.39, 0.29) is 5.91 Å². The normalized spacial score (nSPS) is 25.2. The second-order valence-corrected chi connectivity index (χ2v) is 6.97. The van der Waals surface area contributed by atoms with Crippen molar-refractivity contribution in [3.63, 3.8) is 0 Å². The summed E-state index contributed by atoms with van der Waals surface area (Å²) in [6.45, 7) is 4.81. The van der Waals surface area contributed by atoms with Crippen molar-refractivity contribution in [3.05, 3.63) is 35.6 Å². The molecule has 1 amide bonds. The second-order valence-electron chi connectivity index (χ2n) is 6.97. The van der Waals surface area contributed by atoms with E-state index < -0.39 is 0 Å². The molecule has 2 aliphatic rings. The fourth-order valence-electron chi connectivity index (χ4n) is 4.09. The van der Waals surface area contributed by atoms with Gasteiger partial charge in [-0.1, -0.05) is 6.42 Å². The van der Waals surface area contributed by atoms with Crippen molar-refractivity contribution in [1.82, 2.24) is 10.2 Å². The van der Waals surface area contributed by atoms with Gasteiger partial charge in [0.05, 0.1) is 0 Å². The lowest BCUT2D eigenvalue weighted by atomic mass is 9.89. The van der Waals surface area contributed by atoms with Crippen LogP contribution in [0.15, 0.2) is 28.7 Å². The highest BCUT2D eigenvalue weighted by Gasteiger charge is 2.32. The number of nitrogens with zero attached hydrogens (tertiary/aromatic N) is 1. The van der Waals surface area contributed by atoms with Gasteiger partial charge in [-0.15, -0.1) is 0 Å². The van der Waals surface area contributed by atoms with Crippen LogP contribution in [0.4, 0.5) is 0 Å². The Kier molecular flexibility index (Phi) is 3.85. The van der Waals surface area contributed by atoms with Gasteiger partial charge in [0.25, 0.3) is 5.91 Å². The number of hydrogen-bond acceptors (Lipinski definition) is 3. The number of likely N-dealkylation sites (tertiary alicyclic amines) is 1. The molecule has 0 aliphatic carbocycles. The number of carbonyl (C=O) groups is 1. The lowest BCUT2D eigenvalue weighted by Gasteiger charge is -2.38. The molecule has 23 heavy (non-hydrogen) atoms. The van der Waals surface area contributed by atoms with Crippen LogP contribution in [0.3, 0.4) is 0 Å². The molecule has 2 saturated heterocycles. The summed E-state index contributed by atoms with van der Waals surface area (Å²) < 4.78 is 5.60. The minimum Gasteiger partial charge on any atom is -0.461 e. The first-order valence-electron chi connectivity index (χ1n) is 8.73. The molecule has 2 fully saturated rings. The lowest BCUT2D eigenvalue weighted by molar-refractivity contribution is 0.0632. The highest BCUT2D eigenvalue weighted by molar-refractivity contribution is 5.97. The predicted octanol–water partition coefficient (Wildman–Crippen LogP) is 3.35. The van der Waals surface area contributed by atoms with Crippen molar-refractivity contribution in [2.75, 3.05) is 19.6 Å². The van der Waals surface area contributed by atoms with E-state index in [4.69, 9.17) is 4.42 Å². The third-order valence-electron chi connectivity index (χ3n) is 5.32. The third-order valence-corrected chi connectivity index (χ3v) is 5.32. The number of hydrogen-bond donors (Lipinski definition) is 1. The summed E-state index contributed by atoms with van der Waals surface area (Å²) in [5, 5.41) is 4.67. The van der Waals surface area contributed by atoms with Crippen LogP contribution < -0.4 is 5.32 Å². The summed E-state index contributed by atoms with van der Waals surface area (Å²) in [6.07, 6.45) is 4.85. The molecular formula is C19H24N2O2. The maximum absolute atomic E-state index is 12.9. The van der Waals surface area contributed by atoms with Crippen LogP contribution in [-0.2, 0) is 0 Å². The Morgan fingerprint density at radius 2 is 2.17 bits per heavy atom. The molecule has 0 radical (unpaired) electrons. The van der Waals surface area contributed by atoms with E-state index in [0.717, 1.165) is 48.3 Å². The molecule has 0 unspecified atom stereocenters. The van der Waals surface area contributed by atoms with Crippen molar-refractivity contribution in [2.45, 2.75) is 38.6 Å². The Balaban J connectivity index is 1.53. The number of nitrogens with one attached hydrogen (secondary N) is 1. The largest absolute Gasteiger partial charge is 0.461 e. The smallest absolute Gasteiger partial charge is 0.253 e. The van der Waals surface area contributed by atoms with Gasteiger partial charge in [0.15, 0.2) is 0 Å². The average molecular weight is 312 g/mol. The maximum atomic E-state index is 12.9. The summed E-state index contributed by atoms with van der Waals surface area (Å²) in [5.41, 5.74) is 1.63. The first-order chi connectivity index (χ1) is 11.2. The number of piperidine rings is 1. The topological polar surface area (TPSA) is 45.5 Å². The lowest BCUT2D eigenvalue weighted by Crippen LogP contribution is -2.50. The number of carbonyl (C=O) groups excluding carboxylic acids is 1. The van der Waals surface area contributed by atoms with Crippen LogP contribution in [0.25, 0.3) is 11.0 Å². The zero-order chi connectivity index (χ0) is 15.8. The van der Waals surface area contributed by atoms with E-state index in [1.165, 1.54) is 19.3 Å². The van der Waals surface area contributed by atoms with Crippen molar-refractivity contribution in [2.24, 2.45) is 5.92 Å². The van der Waals surface area contributed by atoms with Crippen LogP contribution in [0.2, 0.25) is 0 Å². The van der Waals surface area contributed by atoms with E-state index in [0.29, 0.717) is 12.0 Å². The summed E-state index contributed by atoms with van der Waals surface area (Å²) in [4.78, 5) is 14.9. The van der Waals surface area contributed by atoms with Gasteiger partial charge in [-0.25, -0.2) is 0 Å². The monoisotopic (exact) mass is 312 g/mol. The molecule has 0 spiro atoms. The van der Waals surface area contributed by atoms with Crippen molar-refractivity contribution in [1.29, 1.82) is 0 Å². The van der Waals surface area contributed by atoms with Gasteiger partial charge in [-0.05, 0) is 62.9 Å². The van der Waals surface area contributed by atoms with Gasteiger partial charge >= 0.3 is 0 Å². The van der Waals surface area contributed by atoms with Gasteiger partial charge in [-0.2, -0.15) is 0 Å². The predicted molar refractivity (Wildman–Crippen MR) is 90.6 cm³/mol. The zero-order valence-electron chi connectivity index (χ0n) is 13.7. The molecule has 0 saturated carbocycles. The molecule has 1 aromatic heterocycles. The molecule has 1 aromatic carbocycles. The summed E-state index contributed by atoms with van der Waals surface area (Å²) in [6, 6.07) is 8.36. The summed E-state index contributed by atoms with van der Waals surface area (Å²) >= 11 is 0. The Hall–Kier alpha value is -1.81. The standard InChI is InChI=1S/C19H24N2O2/c1-13-10-16-11-14(5-6-18(16)23-13)19(22)21-9-7-17-15(12-21)4-2-3-8-20-17/h5-6,10-11,15,17,20H,2-4,7-9,12H2,1H3/t15-,17+/m0/s1. The Morgan fingerprint density at radius 1 is 1.26 bits per heavy atom. The minimum atomic E-state index is 0.161. The fraction of sp³-hybridized carbons (Fsp3) is 0.526. The maximum Gasteiger partial charge on any atom is 0.253 e. The highest BCUT2D eigenvalue weighted by Crippen LogP contribution is 2.27. The van der Waals surface area contributed by atoms with Gasteiger partial charge in [0.1, 0.15) is 11.3 Å². The molecule has 2 aromatic rings. The highest BCUT2D eigenvalue weighted by atomic mass is 16.3. The van der Waals surface area contributed by atoms with Crippen LogP contribution in [0, 0.1) is 12.8 Å². The molecule has 122 valence electrons. The second kappa shape index (κ2) is 6.00. The average Bonchev–Trinajstić information content (AvgIpc) is 2.78. The van der Waals surface area contributed by atoms with E-state index in [9.17, 15) is 4.79 Å².